The first-order valence-corrected chi connectivity index (χ1v) is 11.8. The molecule has 7 nitrogen and oxygen atoms in total. The van der Waals surface area contributed by atoms with Crippen molar-refractivity contribution < 1.29 is 19.1 Å². The second-order valence-electron chi connectivity index (χ2n) is 6.94. The van der Waals surface area contributed by atoms with Crippen LogP contribution in [0.2, 0.25) is 0 Å². The Hall–Kier alpha value is -3.43. The topological polar surface area (TPSA) is 88.7 Å². The van der Waals surface area contributed by atoms with Crippen LogP contribution in [0.3, 0.4) is 0 Å². The lowest BCUT2D eigenvalue weighted by Crippen LogP contribution is -2.35. The normalized spacial score (nSPS) is 10.2. The van der Waals surface area contributed by atoms with Gasteiger partial charge in [0.2, 0.25) is 0 Å². The van der Waals surface area contributed by atoms with Gasteiger partial charge < -0.3 is 20.1 Å². The molecular weight excluding hydrogens is 518 g/mol. The molecule has 0 atom stereocenters. The van der Waals surface area contributed by atoms with E-state index in [2.05, 4.69) is 31.9 Å². The number of amides is 2. The van der Waals surface area contributed by atoms with E-state index in [1.807, 2.05) is 13.8 Å². The summed E-state index contributed by atoms with van der Waals surface area (Å²) in [5, 5.41) is 8.47. The fourth-order valence-electron chi connectivity index (χ4n) is 3.07. The van der Waals surface area contributed by atoms with E-state index < -0.39 is 5.91 Å². The number of rotatable bonds is 8. The fourth-order valence-corrected chi connectivity index (χ4v) is 3.64. The molecule has 0 spiro atoms. The summed E-state index contributed by atoms with van der Waals surface area (Å²) in [6.07, 6.45) is 0. The summed E-state index contributed by atoms with van der Waals surface area (Å²) in [5.41, 5.74) is 1.78. The molecule has 0 saturated heterocycles. The quantitative estimate of drug-likeness (QED) is 0.320. The highest BCUT2D eigenvalue weighted by molar-refractivity contribution is 9.10. The smallest absolute Gasteiger partial charge is 0.261 e. The van der Waals surface area contributed by atoms with Crippen LogP contribution in [0, 0.1) is 0 Å². The van der Waals surface area contributed by atoms with Crippen LogP contribution in [0.4, 0.5) is 11.4 Å². The van der Waals surface area contributed by atoms with E-state index >= 15 is 0 Å². The Morgan fingerprint density at radius 1 is 0.853 bits per heavy atom. The van der Waals surface area contributed by atoms with Gasteiger partial charge in [0.05, 0.1) is 30.0 Å². The van der Waals surface area contributed by atoms with Crippen molar-refractivity contribution in [3.63, 3.8) is 0 Å². The van der Waals surface area contributed by atoms with Gasteiger partial charge in [-0.05, 0) is 80.7 Å². The molecule has 0 aliphatic heterocycles. The predicted octanol–water partition coefficient (Wildman–Crippen LogP) is 5.63. The number of benzene rings is 3. The molecule has 0 radical (unpaired) electrons. The highest BCUT2D eigenvalue weighted by Crippen LogP contribution is 2.24. The Labute approximate surface area is 212 Å². The van der Waals surface area contributed by atoms with Crippen LogP contribution in [0.15, 0.2) is 71.2 Å². The van der Waals surface area contributed by atoms with Crippen LogP contribution in [0.5, 0.6) is 11.5 Å². The summed E-state index contributed by atoms with van der Waals surface area (Å²) < 4.78 is 11.7. The molecule has 34 heavy (non-hydrogen) atoms. The van der Waals surface area contributed by atoms with Crippen LogP contribution in [-0.2, 0) is 0 Å². The maximum atomic E-state index is 12.9. The van der Waals surface area contributed by atoms with Crippen molar-refractivity contribution in [1.29, 1.82) is 0 Å². The number of hydrogen-bond donors (Lipinski definition) is 3. The zero-order chi connectivity index (χ0) is 24.5. The van der Waals surface area contributed by atoms with Crippen molar-refractivity contribution in [1.82, 2.24) is 5.32 Å². The Bertz CT molecular complexity index is 1190. The van der Waals surface area contributed by atoms with E-state index in [-0.39, 0.29) is 11.0 Å². The number of carbonyl (C=O) groups excluding carboxylic acids is 2. The van der Waals surface area contributed by atoms with E-state index in [1.54, 1.807) is 66.7 Å². The van der Waals surface area contributed by atoms with Gasteiger partial charge >= 0.3 is 0 Å². The van der Waals surface area contributed by atoms with Gasteiger partial charge in [0.15, 0.2) is 5.11 Å². The fraction of sp³-hybridized carbons (Fsp3) is 0.160. The van der Waals surface area contributed by atoms with Crippen molar-refractivity contribution in [2.45, 2.75) is 13.8 Å². The number of anilines is 2. The van der Waals surface area contributed by atoms with Crippen LogP contribution >= 0.6 is 28.1 Å². The summed E-state index contributed by atoms with van der Waals surface area (Å²) in [7, 11) is 0. The second-order valence-corrected chi connectivity index (χ2v) is 8.26. The number of carbonyl (C=O) groups is 2. The predicted molar refractivity (Wildman–Crippen MR) is 141 cm³/mol. The minimum absolute atomic E-state index is 0.0498. The number of para-hydroxylation sites is 1. The first kappa shape index (κ1) is 25.2. The molecule has 3 aromatic rings. The molecule has 0 bridgehead atoms. The lowest BCUT2D eigenvalue weighted by molar-refractivity contribution is 0.0973. The molecule has 0 saturated carbocycles. The van der Waals surface area contributed by atoms with Crippen LogP contribution in [-0.4, -0.2) is 30.1 Å². The number of halogens is 1. The van der Waals surface area contributed by atoms with E-state index in [1.165, 1.54) is 0 Å². The molecule has 3 rings (SSSR count). The minimum Gasteiger partial charge on any atom is -0.494 e. The molecule has 2 amide bonds. The number of thiocarbonyl (C=S) groups is 1. The number of hydrogen-bond acceptors (Lipinski definition) is 5. The van der Waals surface area contributed by atoms with E-state index in [9.17, 15) is 9.59 Å². The summed E-state index contributed by atoms with van der Waals surface area (Å²) in [4.78, 5) is 25.7. The SMILES string of the molecule is CCOc1ccc(NC(=O)c2ccccc2NC(=S)NC(=O)c2cc(Br)ccc2OCC)cc1. The Morgan fingerprint density at radius 3 is 2.26 bits per heavy atom. The zero-order valence-corrected chi connectivity index (χ0v) is 21.1. The van der Waals surface area contributed by atoms with Gasteiger partial charge in [0.25, 0.3) is 11.8 Å². The largest absolute Gasteiger partial charge is 0.494 e. The van der Waals surface area contributed by atoms with Gasteiger partial charge in [0.1, 0.15) is 11.5 Å². The third kappa shape index (κ3) is 6.79. The van der Waals surface area contributed by atoms with Gasteiger partial charge in [-0.25, -0.2) is 0 Å². The summed E-state index contributed by atoms with van der Waals surface area (Å²) >= 11 is 8.69. The lowest BCUT2D eigenvalue weighted by atomic mass is 10.1. The third-order valence-electron chi connectivity index (χ3n) is 4.56. The summed E-state index contributed by atoms with van der Waals surface area (Å²) in [5.74, 6) is 0.410. The average Bonchev–Trinajstić information content (AvgIpc) is 2.82. The Morgan fingerprint density at radius 2 is 1.56 bits per heavy atom. The van der Waals surface area contributed by atoms with Crippen molar-refractivity contribution in [2.75, 3.05) is 23.8 Å². The monoisotopic (exact) mass is 541 g/mol. The zero-order valence-electron chi connectivity index (χ0n) is 18.7. The number of ether oxygens (including phenoxy) is 2. The van der Waals surface area contributed by atoms with Gasteiger partial charge in [-0.15, -0.1) is 0 Å². The molecule has 0 heterocycles. The third-order valence-corrected chi connectivity index (χ3v) is 5.25. The maximum Gasteiger partial charge on any atom is 0.261 e. The lowest BCUT2D eigenvalue weighted by Gasteiger charge is -2.15. The van der Waals surface area contributed by atoms with Crippen molar-refractivity contribution in [3.8, 4) is 11.5 Å². The van der Waals surface area contributed by atoms with Crippen LogP contribution < -0.4 is 25.4 Å². The van der Waals surface area contributed by atoms with E-state index in [0.717, 1.165) is 10.2 Å². The molecule has 0 aliphatic rings. The highest BCUT2D eigenvalue weighted by Gasteiger charge is 2.17. The maximum absolute atomic E-state index is 12.9. The highest BCUT2D eigenvalue weighted by atomic mass is 79.9. The van der Waals surface area contributed by atoms with Crippen LogP contribution in [0.1, 0.15) is 34.6 Å². The second kappa shape index (κ2) is 12.2. The molecule has 0 fully saturated rings. The van der Waals surface area contributed by atoms with E-state index in [4.69, 9.17) is 21.7 Å². The summed E-state index contributed by atoms with van der Waals surface area (Å²) in [6, 6.07) is 19.1. The van der Waals surface area contributed by atoms with Crippen molar-refractivity contribution in [3.05, 3.63) is 82.3 Å². The molecule has 9 heteroatoms. The molecule has 176 valence electrons. The Kier molecular flexibility index (Phi) is 9.00. The molecule has 3 N–H and O–H groups in total. The van der Waals surface area contributed by atoms with Gasteiger partial charge in [-0.2, -0.15) is 0 Å². The molecular formula is C25H24BrN3O4S. The first-order valence-electron chi connectivity index (χ1n) is 10.6. The standard InChI is InChI=1S/C25H24BrN3O4S/c1-3-32-18-12-10-17(11-13-18)27-23(30)19-7-5-6-8-21(19)28-25(34)29-24(31)20-15-16(26)9-14-22(20)33-4-2/h5-15H,3-4H2,1-2H3,(H,27,30)(H2,28,29,31,34). The van der Waals surface area contributed by atoms with E-state index in [0.29, 0.717) is 41.5 Å². The minimum atomic E-state index is -0.432. The molecule has 0 aliphatic carbocycles. The van der Waals surface area contributed by atoms with Gasteiger partial charge in [-0.1, -0.05) is 28.1 Å². The molecule has 0 aromatic heterocycles. The first-order chi connectivity index (χ1) is 16.4. The van der Waals surface area contributed by atoms with Crippen LogP contribution in [0.25, 0.3) is 0 Å². The van der Waals surface area contributed by atoms with Crippen molar-refractivity contribution >= 4 is 56.4 Å². The van der Waals surface area contributed by atoms with Gasteiger partial charge in [0, 0.05) is 10.2 Å². The molecule has 3 aromatic carbocycles. The summed E-state index contributed by atoms with van der Waals surface area (Å²) in [6.45, 7) is 4.73. The van der Waals surface area contributed by atoms with Gasteiger partial charge in [-0.3, -0.25) is 14.9 Å². The van der Waals surface area contributed by atoms with Crippen molar-refractivity contribution in [2.24, 2.45) is 0 Å². The number of nitrogens with one attached hydrogen (secondary N) is 3. The Balaban J connectivity index is 1.70. The molecule has 0 unspecified atom stereocenters. The average molecular weight is 542 g/mol.